The molecule has 0 heterocycles. The van der Waals surface area contributed by atoms with Crippen LogP contribution in [0.3, 0.4) is 0 Å². The number of hydrogen-bond acceptors (Lipinski definition) is 2. The number of carbonyl (C=O) groups excluding carboxylic acids is 1. The van der Waals surface area contributed by atoms with Gasteiger partial charge in [0.15, 0.2) is 0 Å². The molecule has 1 aromatic carbocycles. The van der Waals surface area contributed by atoms with E-state index in [0.29, 0.717) is 5.56 Å². The van der Waals surface area contributed by atoms with Crippen molar-refractivity contribution >= 4 is 5.91 Å². The largest absolute Gasteiger partial charge is 0.346 e. The molecule has 0 radical (unpaired) electrons. The van der Waals surface area contributed by atoms with Gasteiger partial charge >= 0.3 is 0 Å². The van der Waals surface area contributed by atoms with Crippen LogP contribution in [0.5, 0.6) is 0 Å². The normalized spacial score (nSPS) is 12.5. The third-order valence-electron chi connectivity index (χ3n) is 2.45. The zero-order valence-corrected chi connectivity index (χ0v) is 10.6. The van der Waals surface area contributed by atoms with Gasteiger partial charge in [0.1, 0.15) is 0 Å². The number of amides is 1. The molecule has 1 aromatic rings. The summed E-state index contributed by atoms with van der Waals surface area (Å²) < 4.78 is 0. The van der Waals surface area contributed by atoms with E-state index < -0.39 is 0 Å². The first kappa shape index (κ1) is 13.7. The lowest BCUT2D eigenvalue weighted by Gasteiger charge is -2.12. The van der Waals surface area contributed by atoms with Gasteiger partial charge < -0.3 is 5.32 Å². The second-order valence-corrected chi connectivity index (χ2v) is 3.85. The van der Waals surface area contributed by atoms with Crippen molar-refractivity contribution in [1.82, 2.24) is 5.32 Å². The number of carbonyl (C=O) groups is 1. The van der Waals surface area contributed by atoms with Crippen LogP contribution in [0, 0.1) is 11.3 Å². The fourth-order valence-electron chi connectivity index (χ4n) is 1.45. The van der Waals surface area contributed by atoms with Crippen molar-refractivity contribution in [3.8, 4) is 6.07 Å². The minimum absolute atomic E-state index is 0.0829. The topological polar surface area (TPSA) is 52.9 Å². The number of nitriles is 1. The lowest BCUT2D eigenvalue weighted by molar-refractivity contribution is -0.117. The molecular formula is C15H16N2O. The molecule has 0 bridgehead atoms. The molecular weight excluding hydrogens is 224 g/mol. The Bertz CT molecular complexity index is 492. The molecule has 0 aliphatic heterocycles. The first-order chi connectivity index (χ1) is 8.67. The van der Waals surface area contributed by atoms with Gasteiger partial charge in [0, 0.05) is 6.08 Å². The van der Waals surface area contributed by atoms with Gasteiger partial charge in [-0.05, 0) is 31.5 Å². The van der Waals surface area contributed by atoms with Gasteiger partial charge in [-0.2, -0.15) is 5.26 Å². The summed E-state index contributed by atoms with van der Waals surface area (Å²) in [4.78, 5) is 11.5. The minimum atomic E-state index is -0.134. The maximum Gasteiger partial charge on any atom is 0.244 e. The molecule has 1 rings (SSSR count). The van der Waals surface area contributed by atoms with Crippen molar-refractivity contribution in [3.05, 3.63) is 59.7 Å². The van der Waals surface area contributed by atoms with Crippen molar-refractivity contribution in [2.24, 2.45) is 0 Å². The van der Waals surface area contributed by atoms with Gasteiger partial charge in [-0.3, -0.25) is 4.79 Å². The van der Waals surface area contributed by atoms with Crippen LogP contribution in [0.1, 0.15) is 31.0 Å². The fraction of sp³-hybridized carbons (Fsp3) is 0.200. The molecule has 0 aliphatic rings. The van der Waals surface area contributed by atoms with Crippen LogP contribution in [-0.2, 0) is 4.79 Å². The van der Waals surface area contributed by atoms with E-state index in [-0.39, 0.29) is 11.9 Å². The molecule has 0 fully saturated rings. The SMILES string of the molecule is C/C=C/C=C/C(=O)NC(C)c1ccc(C#N)cc1. The predicted molar refractivity (Wildman–Crippen MR) is 71.7 cm³/mol. The van der Waals surface area contributed by atoms with E-state index in [1.807, 2.05) is 32.1 Å². The van der Waals surface area contributed by atoms with Crippen LogP contribution in [0.4, 0.5) is 0 Å². The summed E-state index contributed by atoms with van der Waals surface area (Å²) in [5.41, 5.74) is 1.59. The van der Waals surface area contributed by atoms with E-state index in [0.717, 1.165) is 5.56 Å². The van der Waals surface area contributed by atoms with Crippen LogP contribution < -0.4 is 5.32 Å². The lowest BCUT2D eigenvalue weighted by Crippen LogP contribution is -2.24. The van der Waals surface area contributed by atoms with Crippen LogP contribution >= 0.6 is 0 Å². The van der Waals surface area contributed by atoms with Gasteiger partial charge in [-0.15, -0.1) is 0 Å². The Balaban J connectivity index is 2.62. The van der Waals surface area contributed by atoms with E-state index in [1.165, 1.54) is 6.08 Å². The molecule has 1 N–H and O–H groups in total. The van der Waals surface area contributed by atoms with Gasteiger partial charge in [-0.25, -0.2) is 0 Å². The van der Waals surface area contributed by atoms with Crippen molar-refractivity contribution in [2.75, 3.05) is 0 Å². The Hall–Kier alpha value is -2.34. The first-order valence-corrected chi connectivity index (χ1v) is 5.77. The molecule has 3 nitrogen and oxygen atoms in total. The average Bonchev–Trinajstić information content (AvgIpc) is 2.39. The van der Waals surface area contributed by atoms with Gasteiger partial charge in [0.2, 0.25) is 5.91 Å². The molecule has 1 unspecified atom stereocenters. The van der Waals surface area contributed by atoms with Crippen molar-refractivity contribution < 1.29 is 4.79 Å². The monoisotopic (exact) mass is 240 g/mol. The molecule has 0 aliphatic carbocycles. The summed E-state index contributed by atoms with van der Waals surface area (Å²) in [7, 11) is 0. The Morgan fingerprint density at radius 2 is 2.00 bits per heavy atom. The third kappa shape index (κ3) is 4.26. The average molecular weight is 240 g/mol. The van der Waals surface area contributed by atoms with Crippen LogP contribution in [0.15, 0.2) is 48.6 Å². The molecule has 18 heavy (non-hydrogen) atoms. The van der Waals surface area contributed by atoms with E-state index in [1.54, 1.807) is 24.3 Å². The summed E-state index contributed by atoms with van der Waals surface area (Å²) in [5, 5.41) is 11.5. The molecule has 92 valence electrons. The number of hydrogen-bond donors (Lipinski definition) is 1. The van der Waals surface area contributed by atoms with E-state index >= 15 is 0 Å². The van der Waals surface area contributed by atoms with Gasteiger partial charge in [-0.1, -0.05) is 30.4 Å². The van der Waals surface area contributed by atoms with Crippen molar-refractivity contribution in [1.29, 1.82) is 5.26 Å². The van der Waals surface area contributed by atoms with Crippen LogP contribution in [0.25, 0.3) is 0 Å². The number of allylic oxidation sites excluding steroid dienone is 3. The summed E-state index contributed by atoms with van der Waals surface area (Å²) in [6, 6.07) is 9.16. The predicted octanol–water partition coefficient (Wildman–Crippen LogP) is 2.87. The highest BCUT2D eigenvalue weighted by atomic mass is 16.1. The Morgan fingerprint density at radius 1 is 1.33 bits per heavy atom. The highest BCUT2D eigenvalue weighted by Crippen LogP contribution is 2.12. The Labute approximate surface area is 107 Å². The Kier molecular flexibility index (Phi) is 5.40. The molecule has 0 spiro atoms. The minimum Gasteiger partial charge on any atom is -0.346 e. The van der Waals surface area contributed by atoms with Gasteiger partial charge in [0.25, 0.3) is 0 Å². The summed E-state index contributed by atoms with van der Waals surface area (Å²) >= 11 is 0. The molecule has 0 saturated heterocycles. The van der Waals surface area contributed by atoms with Crippen LogP contribution in [-0.4, -0.2) is 5.91 Å². The second-order valence-electron chi connectivity index (χ2n) is 3.85. The first-order valence-electron chi connectivity index (χ1n) is 5.77. The quantitative estimate of drug-likeness (QED) is 0.650. The number of nitrogens with zero attached hydrogens (tertiary/aromatic N) is 1. The molecule has 1 atom stereocenters. The van der Waals surface area contributed by atoms with Crippen LogP contribution in [0.2, 0.25) is 0 Å². The maximum absolute atomic E-state index is 11.5. The number of benzene rings is 1. The molecule has 0 saturated carbocycles. The summed E-state index contributed by atoms with van der Waals surface area (Å²) in [6.07, 6.45) is 6.83. The summed E-state index contributed by atoms with van der Waals surface area (Å²) in [6.45, 7) is 3.80. The number of nitrogens with one attached hydrogen (secondary N) is 1. The zero-order chi connectivity index (χ0) is 13.4. The van der Waals surface area contributed by atoms with Crippen molar-refractivity contribution in [3.63, 3.8) is 0 Å². The standard InChI is InChI=1S/C15H16N2O/c1-3-4-5-6-15(18)17-12(2)14-9-7-13(11-16)8-10-14/h3-10,12H,1-2H3,(H,17,18)/b4-3+,6-5+. The maximum atomic E-state index is 11.5. The van der Waals surface area contributed by atoms with Gasteiger partial charge in [0.05, 0.1) is 17.7 Å². The molecule has 0 aromatic heterocycles. The fourth-order valence-corrected chi connectivity index (χ4v) is 1.45. The highest BCUT2D eigenvalue weighted by Gasteiger charge is 2.06. The van der Waals surface area contributed by atoms with E-state index in [2.05, 4.69) is 11.4 Å². The number of rotatable bonds is 4. The summed E-state index contributed by atoms with van der Waals surface area (Å²) in [5.74, 6) is -0.134. The van der Waals surface area contributed by atoms with E-state index in [4.69, 9.17) is 5.26 Å². The Morgan fingerprint density at radius 3 is 2.56 bits per heavy atom. The molecule has 3 heteroatoms. The smallest absolute Gasteiger partial charge is 0.244 e. The van der Waals surface area contributed by atoms with Crippen molar-refractivity contribution in [2.45, 2.75) is 19.9 Å². The van der Waals surface area contributed by atoms with E-state index in [9.17, 15) is 4.79 Å². The third-order valence-corrected chi connectivity index (χ3v) is 2.45. The lowest BCUT2D eigenvalue weighted by atomic mass is 10.1. The second kappa shape index (κ2) is 7.08. The zero-order valence-electron chi connectivity index (χ0n) is 10.6. The molecule has 1 amide bonds. The highest BCUT2D eigenvalue weighted by molar-refractivity contribution is 5.88.